The highest BCUT2D eigenvalue weighted by Gasteiger charge is 2.36. The van der Waals surface area contributed by atoms with Crippen LogP contribution in [0.3, 0.4) is 0 Å². The van der Waals surface area contributed by atoms with Crippen LogP contribution in [-0.4, -0.2) is 0 Å². The maximum atomic E-state index is 11.9. The Balaban J connectivity index is 0.00000121. The summed E-state index contributed by atoms with van der Waals surface area (Å²) in [6.45, 7) is -0.161. The smallest absolute Gasteiger partial charge is 0.449 e. The molecule has 1 rings (SSSR count). The van der Waals surface area contributed by atoms with Gasteiger partial charge in [0, 0.05) is 12.1 Å². The first-order chi connectivity index (χ1) is 5.05. The van der Waals surface area contributed by atoms with Crippen LogP contribution in [0.2, 0.25) is 0 Å². The molecule has 0 aliphatic carbocycles. The molecule has 0 fully saturated rings. The lowest BCUT2D eigenvalue weighted by molar-refractivity contribution is -0.153. The Labute approximate surface area is 72.9 Å². The largest absolute Gasteiger partial charge is 0.459 e. The van der Waals surface area contributed by atoms with E-state index in [-0.39, 0.29) is 24.5 Å². The highest BCUT2D eigenvalue weighted by atomic mass is 35.5. The quantitative estimate of drug-likeness (QED) is 0.757. The Hall–Kier alpha value is -0.680. The van der Waals surface area contributed by atoms with Crippen LogP contribution in [0.1, 0.15) is 11.3 Å². The van der Waals surface area contributed by atoms with E-state index < -0.39 is 11.9 Å². The van der Waals surface area contributed by atoms with Crippen LogP contribution in [0.4, 0.5) is 13.2 Å². The highest BCUT2D eigenvalue weighted by Crippen LogP contribution is 2.32. The van der Waals surface area contributed by atoms with Crippen molar-refractivity contribution in [3.05, 3.63) is 23.7 Å². The van der Waals surface area contributed by atoms with E-state index in [1.54, 1.807) is 0 Å². The minimum Gasteiger partial charge on any atom is -0.459 e. The summed E-state index contributed by atoms with van der Waals surface area (Å²) >= 11 is 0. The molecule has 70 valence electrons. The molecular formula is C6H7ClF3NO. The van der Waals surface area contributed by atoms with Crippen molar-refractivity contribution in [2.75, 3.05) is 0 Å². The summed E-state index contributed by atoms with van der Waals surface area (Å²) < 4.78 is 40.0. The first-order valence-electron chi connectivity index (χ1n) is 2.89. The summed E-state index contributed by atoms with van der Waals surface area (Å²) in [6.07, 6.45) is -3.46. The van der Waals surface area contributed by atoms with Gasteiger partial charge in [0.2, 0.25) is 5.76 Å². The number of rotatable bonds is 1. The zero-order valence-electron chi connectivity index (χ0n) is 5.89. The number of furan rings is 1. The van der Waals surface area contributed by atoms with E-state index in [2.05, 4.69) is 4.42 Å². The molecule has 0 spiro atoms. The van der Waals surface area contributed by atoms with Gasteiger partial charge in [0.1, 0.15) is 0 Å². The van der Waals surface area contributed by atoms with Gasteiger partial charge in [0.05, 0.1) is 6.26 Å². The molecule has 0 saturated carbocycles. The molecule has 6 heteroatoms. The number of nitrogens with two attached hydrogens (primary N) is 1. The van der Waals surface area contributed by atoms with Crippen molar-refractivity contribution < 1.29 is 17.6 Å². The van der Waals surface area contributed by atoms with Gasteiger partial charge in [0.25, 0.3) is 0 Å². The Kier molecular flexibility index (Phi) is 3.60. The van der Waals surface area contributed by atoms with Gasteiger partial charge < -0.3 is 10.2 Å². The highest BCUT2D eigenvalue weighted by molar-refractivity contribution is 5.85. The molecule has 0 aliphatic heterocycles. The van der Waals surface area contributed by atoms with Crippen molar-refractivity contribution in [3.8, 4) is 0 Å². The van der Waals surface area contributed by atoms with E-state index in [0.29, 0.717) is 0 Å². The standard InChI is InChI=1S/C6H6F3NO.ClH/c7-6(8,9)5-4(3-10)1-2-11-5;/h1-2H,3,10H2;1H. The van der Waals surface area contributed by atoms with Crippen LogP contribution in [0.25, 0.3) is 0 Å². The van der Waals surface area contributed by atoms with E-state index in [0.717, 1.165) is 6.26 Å². The van der Waals surface area contributed by atoms with E-state index in [9.17, 15) is 13.2 Å². The van der Waals surface area contributed by atoms with E-state index >= 15 is 0 Å². The fourth-order valence-corrected chi connectivity index (χ4v) is 0.745. The molecular weight excluding hydrogens is 195 g/mol. The minimum absolute atomic E-state index is 0. The average Bonchev–Trinajstić information content (AvgIpc) is 2.31. The molecule has 0 amide bonds. The van der Waals surface area contributed by atoms with Gasteiger partial charge in [-0.25, -0.2) is 0 Å². The predicted molar refractivity (Wildman–Crippen MR) is 38.8 cm³/mol. The molecule has 1 heterocycles. The number of hydrogen-bond donors (Lipinski definition) is 1. The maximum Gasteiger partial charge on any atom is 0.449 e. The molecule has 0 radical (unpaired) electrons. The summed E-state index contributed by atoms with van der Waals surface area (Å²) in [4.78, 5) is 0. The molecule has 0 unspecified atom stereocenters. The van der Waals surface area contributed by atoms with Crippen LogP contribution < -0.4 is 5.73 Å². The van der Waals surface area contributed by atoms with Gasteiger partial charge in [-0.3, -0.25) is 0 Å². The molecule has 1 aromatic rings. The zero-order valence-corrected chi connectivity index (χ0v) is 6.71. The summed E-state index contributed by atoms with van der Waals surface area (Å²) in [5, 5.41) is 0. The van der Waals surface area contributed by atoms with Crippen molar-refractivity contribution in [1.29, 1.82) is 0 Å². The Morgan fingerprint density at radius 3 is 2.33 bits per heavy atom. The van der Waals surface area contributed by atoms with Crippen LogP contribution in [0.15, 0.2) is 16.7 Å². The minimum atomic E-state index is -4.43. The summed E-state index contributed by atoms with van der Waals surface area (Å²) in [6, 6.07) is 1.21. The predicted octanol–water partition coefficient (Wildman–Crippen LogP) is 2.18. The summed E-state index contributed by atoms with van der Waals surface area (Å²) in [7, 11) is 0. The van der Waals surface area contributed by atoms with Gasteiger partial charge in [-0.05, 0) is 6.07 Å². The molecule has 12 heavy (non-hydrogen) atoms. The van der Waals surface area contributed by atoms with Gasteiger partial charge >= 0.3 is 6.18 Å². The van der Waals surface area contributed by atoms with Crippen molar-refractivity contribution in [1.82, 2.24) is 0 Å². The van der Waals surface area contributed by atoms with Crippen LogP contribution in [0.5, 0.6) is 0 Å². The summed E-state index contributed by atoms with van der Waals surface area (Å²) in [5.74, 6) is -1.00. The second kappa shape index (κ2) is 3.82. The van der Waals surface area contributed by atoms with Crippen molar-refractivity contribution in [2.45, 2.75) is 12.7 Å². The summed E-state index contributed by atoms with van der Waals surface area (Å²) in [5.41, 5.74) is 5.02. The molecule has 0 aliphatic rings. The number of hydrogen-bond acceptors (Lipinski definition) is 2. The van der Waals surface area contributed by atoms with Crippen molar-refractivity contribution >= 4 is 12.4 Å². The lowest BCUT2D eigenvalue weighted by Gasteiger charge is -2.03. The topological polar surface area (TPSA) is 39.2 Å². The SMILES string of the molecule is Cl.NCc1ccoc1C(F)(F)F. The molecule has 1 aromatic heterocycles. The van der Waals surface area contributed by atoms with Crippen LogP contribution in [0, 0.1) is 0 Å². The fraction of sp³-hybridized carbons (Fsp3) is 0.333. The normalized spacial score (nSPS) is 11.0. The molecule has 0 aromatic carbocycles. The van der Waals surface area contributed by atoms with Crippen molar-refractivity contribution in [3.63, 3.8) is 0 Å². The van der Waals surface area contributed by atoms with Gasteiger partial charge in [-0.15, -0.1) is 12.4 Å². The van der Waals surface area contributed by atoms with E-state index in [1.165, 1.54) is 6.07 Å². The third kappa shape index (κ3) is 2.15. The molecule has 2 nitrogen and oxygen atoms in total. The maximum absolute atomic E-state index is 11.9. The lowest BCUT2D eigenvalue weighted by atomic mass is 10.2. The average molecular weight is 202 g/mol. The second-order valence-corrected chi connectivity index (χ2v) is 1.98. The second-order valence-electron chi connectivity index (χ2n) is 1.98. The first-order valence-corrected chi connectivity index (χ1v) is 2.89. The van der Waals surface area contributed by atoms with E-state index in [4.69, 9.17) is 5.73 Å². The molecule has 2 N–H and O–H groups in total. The zero-order chi connectivity index (χ0) is 8.48. The fourth-order valence-electron chi connectivity index (χ4n) is 0.745. The Bertz CT molecular complexity index is 245. The molecule has 0 bridgehead atoms. The number of alkyl halides is 3. The van der Waals surface area contributed by atoms with E-state index in [1.807, 2.05) is 0 Å². The third-order valence-corrected chi connectivity index (χ3v) is 1.22. The van der Waals surface area contributed by atoms with Crippen molar-refractivity contribution in [2.24, 2.45) is 5.73 Å². The number of halogens is 4. The van der Waals surface area contributed by atoms with Gasteiger partial charge in [-0.1, -0.05) is 0 Å². The molecule has 0 saturated heterocycles. The third-order valence-electron chi connectivity index (χ3n) is 1.22. The molecule has 0 atom stereocenters. The Morgan fingerprint density at radius 1 is 1.42 bits per heavy atom. The van der Waals surface area contributed by atoms with Crippen LogP contribution in [-0.2, 0) is 12.7 Å². The Morgan fingerprint density at radius 2 is 2.00 bits per heavy atom. The van der Waals surface area contributed by atoms with Gasteiger partial charge in [-0.2, -0.15) is 13.2 Å². The van der Waals surface area contributed by atoms with Crippen LogP contribution >= 0.6 is 12.4 Å². The monoisotopic (exact) mass is 201 g/mol. The lowest BCUT2D eigenvalue weighted by Crippen LogP contribution is -2.08. The first kappa shape index (κ1) is 11.3. The van der Waals surface area contributed by atoms with Gasteiger partial charge in [0.15, 0.2) is 0 Å².